The first-order valence-corrected chi connectivity index (χ1v) is 11.6. The van der Waals surface area contributed by atoms with E-state index in [4.69, 9.17) is 4.74 Å². The average Bonchev–Trinajstić information content (AvgIpc) is 3.35. The third-order valence-corrected chi connectivity index (χ3v) is 6.74. The zero-order valence-electron chi connectivity index (χ0n) is 18.8. The standard InChI is InChI=1S/C23H25FN6O2S/c1-12-8-29(9-13(2)25-12)18-6-5-16(19-20(18)33-23(28-19)32-4)22(31)27-15-7-17(24)21-26-14(3)10-30(21)11-15/h5-7,10-13,25H,8-9H2,1-4H3,(H,27,31)/t12-,13+. The SMILES string of the molecule is COc1nc2c(C(=O)Nc3cc(F)c4nc(C)cn4c3)ccc(N3C[C@@H](C)N[C@@H](C)C3)c2s1. The summed E-state index contributed by atoms with van der Waals surface area (Å²) in [6.07, 6.45) is 3.36. The molecule has 33 heavy (non-hydrogen) atoms. The van der Waals surface area contributed by atoms with Gasteiger partial charge in [-0.1, -0.05) is 11.3 Å². The first-order valence-electron chi connectivity index (χ1n) is 10.8. The van der Waals surface area contributed by atoms with E-state index in [9.17, 15) is 9.18 Å². The van der Waals surface area contributed by atoms with Gasteiger partial charge in [-0.05, 0) is 32.9 Å². The molecule has 0 saturated carbocycles. The predicted octanol–water partition coefficient (Wildman–Crippen LogP) is 3.84. The summed E-state index contributed by atoms with van der Waals surface area (Å²) in [5.74, 6) is -0.865. The van der Waals surface area contributed by atoms with Crippen LogP contribution in [0.2, 0.25) is 0 Å². The Bertz CT molecular complexity index is 1360. The summed E-state index contributed by atoms with van der Waals surface area (Å²) in [5, 5.41) is 6.83. The third-order valence-electron chi connectivity index (χ3n) is 5.71. The van der Waals surface area contributed by atoms with Crippen molar-refractivity contribution in [2.24, 2.45) is 0 Å². The minimum atomic E-state index is -0.501. The second kappa shape index (κ2) is 8.27. The number of aromatic nitrogens is 3. The average molecular weight is 469 g/mol. The van der Waals surface area contributed by atoms with E-state index in [0.29, 0.717) is 39.7 Å². The highest BCUT2D eigenvalue weighted by molar-refractivity contribution is 7.21. The van der Waals surface area contributed by atoms with Crippen LogP contribution in [0.3, 0.4) is 0 Å². The first kappa shape index (κ1) is 21.6. The van der Waals surface area contributed by atoms with Crippen LogP contribution in [0.15, 0.2) is 30.6 Å². The fraction of sp³-hybridized carbons (Fsp3) is 0.348. The summed E-state index contributed by atoms with van der Waals surface area (Å²) >= 11 is 1.42. The molecule has 1 aromatic carbocycles. The van der Waals surface area contributed by atoms with Crippen molar-refractivity contribution >= 4 is 44.5 Å². The summed E-state index contributed by atoms with van der Waals surface area (Å²) in [6, 6.07) is 5.70. The van der Waals surface area contributed by atoms with E-state index < -0.39 is 5.82 Å². The number of piperazine rings is 1. The van der Waals surface area contributed by atoms with E-state index in [1.54, 1.807) is 36.9 Å². The van der Waals surface area contributed by atoms with E-state index >= 15 is 0 Å². The lowest BCUT2D eigenvalue weighted by Gasteiger charge is -2.37. The Kier molecular flexibility index (Phi) is 5.41. The zero-order valence-corrected chi connectivity index (χ0v) is 19.7. The number of thiazole rings is 1. The second-order valence-corrected chi connectivity index (χ2v) is 9.47. The largest absolute Gasteiger partial charge is 0.473 e. The van der Waals surface area contributed by atoms with Gasteiger partial charge in [-0.3, -0.25) is 4.79 Å². The number of amides is 1. The van der Waals surface area contributed by atoms with Gasteiger partial charge in [0.25, 0.3) is 11.1 Å². The summed E-state index contributed by atoms with van der Waals surface area (Å²) in [5.41, 5.74) is 3.27. The maximum Gasteiger partial charge on any atom is 0.274 e. The summed E-state index contributed by atoms with van der Waals surface area (Å²) in [7, 11) is 1.57. The number of aryl methyl sites for hydroxylation is 1. The van der Waals surface area contributed by atoms with Crippen molar-refractivity contribution in [2.75, 3.05) is 30.4 Å². The molecular weight excluding hydrogens is 443 g/mol. The number of carbonyl (C=O) groups is 1. The van der Waals surface area contributed by atoms with E-state index in [0.717, 1.165) is 23.5 Å². The number of pyridine rings is 1. The number of nitrogens with zero attached hydrogens (tertiary/aromatic N) is 4. The summed E-state index contributed by atoms with van der Waals surface area (Å²) < 4.78 is 22.3. The monoisotopic (exact) mass is 468 g/mol. The maximum atomic E-state index is 14.5. The lowest BCUT2D eigenvalue weighted by molar-refractivity contribution is 0.102. The van der Waals surface area contributed by atoms with Gasteiger partial charge in [0.05, 0.1) is 34.4 Å². The zero-order chi connectivity index (χ0) is 23.3. The molecule has 0 radical (unpaired) electrons. The van der Waals surface area contributed by atoms with Crippen LogP contribution in [0.4, 0.5) is 15.8 Å². The highest BCUT2D eigenvalue weighted by atomic mass is 32.1. The van der Waals surface area contributed by atoms with Crippen molar-refractivity contribution in [1.82, 2.24) is 19.7 Å². The van der Waals surface area contributed by atoms with Crippen LogP contribution >= 0.6 is 11.3 Å². The Morgan fingerprint density at radius 1 is 1.24 bits per heavy atom. The minimum absolute atomic E-state index is 0.223. The lowest BCUT2D eigenvalue weighted by Crippen LogP contribution is -2.54. The molecule has 3 aromatic heterocycles. The molecule has 1 amide bonds. The van der Waals surface area contributed by atoms with E-state index in [-0.39, 0.29) is 11.6 Å². The fourth-order valence-corrected chi connectivity index (χ4v) is 5.41. The van der Waals surface area contributed by atoms with Crippen LogP contribution in [0.25, 0.3) is 15.9 Å². The number of nitrogens with one attached hydrogen (secondary N) is 2. The molecule has 5 rings (SSSR count). The second-order valence-electron chi connectivity index (χ2n) is 8.51. The Hall–Kier alpha value is -3.24. The van der Waals surface area contributed by atoms with Gasteiger partial charge in [0.1, 0.15) is 5.52 Å². The molecule has 10 heteroatoms. The van der Waals surface area contributed by atoms with Crippen molar-refractivity contribution in [2.45, 2.75) is 32.9 Å². The van der Waals surface area contributed by atoms with Crippen LogP contribution < -0.4 is 20.3 Å². The smallest absolute Gasteiger partial charge is 0.274 e. The Morgan fingerprint density at radius 3 is 2.73 bits per heavy atom. The van der Waals surface area contributed by atoms with Gasteiger partial charge in [-0.15, -0.1) is 0 Å². The molecular formula is C23H25FN6O2S. The van der Waals surface area contributed by atoms with E-state index in [1.165, 1.54) is 17.4 Å². The number of rotatable bonds is 4. The molecule has 1 fully saturated rings. The molecule has 8 nitrogen and oxygen atoms in total. The molecule has 0 unspecified atom stereocenters. The highest BCUT2D eigenvalue weighted by Crippen LogP contribution is 2.38. The van der Waals surface area contributed by atoms with Crippen molar-refractivity contribution in [3.05, 3.63) is 47.7 Å². The number of ether oxygens (including phenoxy) is 1. The molecule has 4 heterocycles. The molecule has 172 valence electrons. The van der Waals surface area contributed by atoms with Gasteiger partial charge in [0.2, 0.25) is 0 Å². The molecule has 1 aliphatic heterocycles. The van der Waals surface area contributed by atoms with E-state index in [2.05, 4.69) is 39.3 Å². The fourth-order valence-electron chi connectivity index (χ4n) is 4.46. The number of imidazole rings is 1. The first-order chi connectivity index (χ1) is 15.8. The molecule has 4 aromatic rings. The minimum Gasteiger partial charge on any atom is -0.473 e. The Morgan fingerprint density at radius 2 is 2.00 bits per heavy atom. The van der Waals surface area contributed by atoms with Crippen molar-refractivity contribution in [3.8, 4) is 5.19 Å². The third kappa shape index (κ3) is 4.00. The lowest BCUT2D eigenvalue weighted by atomic mass is 10.1. The number of anilines is 2. The van der Waals surface area contributed by atoms with Crippen LogP contribution in [0.5, 0.6) is 5.19 Å². The van der Waals surface area contributed by atoms with Gasteiger partial charge in [0.15, 0.2) is 11.5 Å². The molecule has 1 saturated heterocycles. The number of hydrogen-bond acceptors (Lipinski definition) is 7. The number of benzene rings is 1. The number of methoxy groups -OCH3 is 1. The van der Waals surface area contributed by atoms with Crippen LogP contribution in [-0.2, 0) is 0 Å². The molecule has 0 spiro atoms. The van der Waals surface area contributed by atoms with Crippen LogP contribution in [-0.4, -0.2) is 52.6 Å². The molecule has 2 atom stereocenters. The molecule has 0 bridgehead atoms. The molecule has 2 N–H and O–H groups in total. The van der Waals surface area contributed by atoms with Crippen LogP contribution in [0.1, 0.15) is 29.9 Å². The van der Waals surface area contributed by atoms with Gasteiger partial charge in [-0.2, -0.15) is 0 Å². The number of fused-ring (bicyclic) bond motifs is 2. The topological polar surface area (TPSA) is 83.8 Å². The molecule has 0 aliphatic carbocycles. The van der Waals surface area contributed by atoms with Gasteiger partial charge >= 0.3 is 0 Å². The van der Waals surface area contributed by atoms with Crippen molar-refractivity contribution < 1.29 is 13.9 Å². The summed E-state index contributed by atoms with van der Waals surface area (Å²) in [6.45, 7) is 7.82. The van der Waals surface area contributed by atoms with Crippen molar-refractivity contribution in [1.29, 1.82) is 0 Å². The highest BCUT2D eigenvalue weighted by Gasteiger charge is 2.26. The van der Waals surface area contributed by atoms with Crippen molar-refractivity contribution in [3.63, 3.8) is 0 Å². The van der Waals surface area contributed by atoms with Gasteiger partial charge in [0, 0.05) is 43.6 Å². The Labute approximate surface area is 194 Å². The summed E-state index contributed by atoms with van der Waals surface area (Å²) in [4.78, 5) is 24.2. The van der Waals surface area contributed by atoms with Gasteiger partial charge < -0.3 is 24.7 Å². The van der Waals surface area contributed by atoms with Crippen LogP contribution in [0, 0.1) is 12.7 Å². The number of halogens is 1. The normalized spacial score (nSPS) is 18.8. The molecule has 1 aliphatic rings. The predicted molar refractivity (Wildman–Crippen MR) is 128 cm³/mol. The Balaban J connectivity index is 1.52. The van der Waals surface area contributed by atoms with E-state index in [1.807, 2.05) is 6.07 Å². The number of hydrogen-bond donors (Lipinski definition) is 2. The maximum absolute atomic E-state index is 14.5. The number of carbonyl (C=O) groups excluding carboxylic acids is 1. The quantitative estimate of drug-likeness (QED) is 0.474. The van der Waals surface area contributed by atoms with Gasteiger partial charge in [-0.25, -0.2) is 14.4 Å².